The highest BCUT2D eigenvalue weighted by molar-refractivity contribution is 5.96. The molecule has 0 aliphatic heterocycles. The summed E-state index contributed by atoms with van der Waals surface area (Å²) >= 11 is 0. The Labute approximate surface area is 139 Å². The van der Waals surface area contributed by atoms with Crippen LogP contribution in [0.1, 0.15) is 34.1 Å². The average Bonchev–Trinajstić information content (AvgIpc) is 3.10. The Morgan fingerprint density at radius 2 is 1.83 bits per heavy atom. The summed E-state index contributed by atoms with van der Waals surface area (Å²) in [5, 5.41) is 2.71. The molecule has 0 radical (unpaired) electrons. The lowest BCUT2D eigenvalue weighted by Crippen LogP contribution is -2.33. The minimum Gasteiger partial charge on any atom is -0.472 e. The Kier molecular flexibility index (Phi) is 5.73. The number of nitrogens with two attached hydrogens (primary N) is 1. The number of amides is 3. The number of carbonyl (C=O) groups is 3. The summed E-state index contributed by atoms with van der Waals surface area (Å²) in [5.41, 5.74) is 6.55. The Morgan fingerprint density at radius 1 is 1.12 bits per heavy atom. The molecule has 0 aliphatic rings. The number of benzene rings is 1. The molecule has 1 aromatic carbocycles. The second kappa shape index (κ2) is 7.96. The zero-order valence-electron chi connectivity index (χ0n) is 13.3. The lowest BCUT2D eigenvalue weighted by atomic mass is 10.2. The first kappa shape index (κ1) is 17.3. The van der Waals surface area contributed by atoms with Crippen molar-refractivity contribution in [1.29, 1.82) is 0 Å². The van der Waals surface area contributed by atoms with Gasteiger partial charge >= 0.3 is 0 Å². The predicted molar refractivity (Wildman–Crippen MR) is 88.5 cm³/mol. The summed E-state index contributed by atoms with van der Waals surface area (Å²) < 4.78 is 4.90. The van der Waals surface area contributed by atoms with E-state index in [-0.39, 0.29) is 18.2 Å². The Balaban J connectivity index is 1.87. The molecule has 24 heavy (non-hydrogen) atoms. The number of nitrogens with one attached hydrogen (secondary N) is 1. The van der Waals surface area contributed by atoms with Crippen LogP contribution in [0.3, 0.4) is 0 Å². The predicted octanol–water partition coefficient (Wildman–Crippen LogP) is 1.87. The van der Waals surface area contributed by atoms with Crippen LogP contribution in [0.4, 0.5) is 5.69 Å². The van der Waals surface area contributed by atoms with Crippen LogP contribution in [-0.2, 0) is 4.79 Å². The summed E-state index contributed by atoms with van der Waals surface area (Å²) in [4.78, 5) is 36.8. The van der Waals surface area contributed by atoms with Crippen LogP contribution < -0.4 is 11.1 Å². The largest absolute Gasteiger partial charge is 0.472 e. The van der Waals surface area contributed by atoms with Crippen molar-refractivity contribution in [3.8, 4) is 0 Å². The Hall–Kier alpha value is -3.09. The van der Waals surface area contributed by atoms with Crippen LogP contribution in [0.15, 0.2) is 47.3 Å². The summed E-state index contributed by atoms with van der Waals surface area (Å²) in [7, 11) is 0. The van der Waals surface area contributed by atoms with E-state index in [4.69, 9.17) is 10.2 Å². The number of carbonyl (C=O) groups excluding carboxylic acids is 3. The fraction of sp³-hybridized carbons (Fsp3) is 0.235. The third-order valence-electron chi connectivity index (χ3n) is 3.50. The van der Waals surface area contributed by atoms with Crippen molar-refractivity contribution in [1.82, 2.24) is 4.90 Å². The lowest BCUT2D eigenvalue weighted by Gasteiger charge is -2.19. The van der Waals surface area contributed by atoms with Crippen molar-refractivity contribution in [2.75, 3.05) is 18.4 Å². The fourth-order valence-corrected chi connectivity index (χ4v) is 2.15. The maximum absolute atomic E-state index is 12.2. The molecule has 2 aromatic rings. The number of nitrogens with zero attached hydrogens (tertiary/aromatic N) is 1. The molecule has 0 fully saturated rings. The average molecular weight is 329 g/mol. The molecule has 3 amide bonds. The maximum Gasteiger partial charge on any atom is 0.257 e. The molecule has 1 heterocycles. The molecule has 7 heteroatoms. The Morgan fingerprint density at radius 3 is 2.38 bits per heavy atom. The van der Waals surface area contributed by atoms with Crippen LogP contribution in [0, 0.1) is 0 Å². The van der Waals surface area contributed by atoms with Gasteiger partial charge in [0.25, 0.3) is 5.91 Å². The highest BCUT2D eigenvalue weighted by Crippen LogP contribution is 2.10. The fourth-order valence-electron chi connectivity index (χ4n) is 2.15. The quantitative estimate of drug-likeness (QED) is 0.808. The first-order valence-corrected chi connectivity index (χ1v) is 7.52. The van der Waals surface area contributed by atoms with Gasteiger partial charge in [-0.3, -0.25) is 14.4 Å². The van der Waals surface area contributed by atoms with Crippen molar-refractivity contribution in [3.63, 3.8) is 0 Å². The van der Waals surface area contributed by atoms with Gasteiger partial charge in [0.05, 0.1) is 11.8 Å². The van der Waals surface area contributed by atoms with Crippen molar-refractivity contribution in [2.24, 2.45) is 5.73 Å². The standard InChI is InChI=1S/C17H19N3O4/c1-2-20(17(23)13-8-10-24-11-13)9-7-15(21)19-14-5-3-12(4-6-14)16(18)22/h3-6,8,10-11H,2,7,9H2,1H3,(H2,18,22)(H,19,21). The first-order valence-electron chi connectivity index (χ1n) is 7.52. The number of furan rings is 1. The van der Waals surface area contributed by atoms with Gasteiger partial charge in [0.2, 0.25) is 11.8 Å². The number of rotatable bonds is 7. The van der Waals surface area contributed by atoms with E-state index in [1.807, 2.05) is 6.92 Å². The minimum atomic E-state index is -0.524. The third-order valence-corrected chi connectivity index (χ3v) is 3.50. The van der Waals surface area contributed by atoms with Crippen LogP contribution in [0.2, 0.25) is 0 Å². The second-order valence-corrected chi connectivity index (χ2v) is 5.14. The van der Waals surface area contributed by atoms with Crippen molar-refractivity contribution >= 4 is 23.4 Å². The normalized spacial score (nSPS) is 10.2. The molecule has 7 nitrogen and oxygen atoms in total. The third kappa shape index (κ3) is 4.45. The van der Waals surface area contributed by atoms with E-state index >= 15 is 0 Å². The summed E-state index contributed by atoms with van der Waals surface area (Å²) in [6, 6.07) is 7.88. The molecule has 0 bridgehead atoms. The van der Waals surface area contributed by atoms with Gasteiger partial charge in [-0.1, -0.05) is 0 Å². The van der Waals surface area contributed by atoms with Crippen LogP contribution in [0.5, 0.6) is 0 Å². The lowest BCUT2D eigenvalue weighted by molar-refractivity contribution is -0.116. The van der Waals surface area contributed by atoms with E-state index in [0.717, 1.165) is 0 Å². The van der Waals surface area contributed by atoms with Gasteiger partial charge in [0, 0.05) is 30.8 Å². The maximum atomic E-state index is 12.2. The van der Waals surface area contributed by atoms with Crippen LogP contribution in [0.25, 0.3) is 0 Å². The van der Waals surface area contributed by atoms with E-state index in [2.05, 4.69) is 5.32 Å². The minimum absolute atomic E-state index is 0.162. The molecule has 0 aliphatic carbocycles. The molecule has 0 saturated heterocycles. The number of hydrogen-bond donors (Lipinski definition) is 2. The van der Waals surface area contributed by atoms with Crippen molar-refractivity contribution < 1.29 is 18.8 Å². The van der Waals surface area contributed by atoms with Gasteiger partial charge in [0.15, 0.2) is 0 Å². The number of primary amides is 1. The zero-order valence-corrected chi connectivity index (χ0v) is 13.3. The van der Waals surface area contributed by atoms with Gasteiger partial charge in [-0.2, -0.15) is 0 Å². The smallest absolute Gasteiger partial charge is 0.257 e. The van der Waals surface area contributed by atoms with E-state index in [0.29, 0.717) is 29.9 Å². The molecule has 3 N–H and O–H groups in total. The van der Waals surface area contributed by atoms with Crippen LogP contribution >= 0.6 is 0 Å². The molecular formula is C17H19N3O4. The second-order valence-electron chi connectivity index (χ2n) is 5.14. The van der Waals surface area contributed by atoms with Crippen molar-refractivity contribution in [2.45, 2.75) is 13.3 Å². The molecule has 2 rings (SSSR count). The molecule has 126 valence electrons. The monoisotopic (exact) mass is 329 g/mol. The number of anilines is 1. The van der Waals surface area contributed by atoms with Gasteiger partial charge in [-0.05, 0) is 37.3 Å². The SMILES string of the molecule is CCN(CCC(=O)Nc1ccc(C(N)=O)cc1)C(=O)c1ccoc1. The molecule has 0 unspecified atom stereocenters. The molecule has 0 atom stereocenters. The van der Waals surface area contributed by atoms with Gasteiger partial charge in [0.1, 0.15) is 6.26 Å². The van der Waals surface area contributed by atoms with E-state index < -0.39 is 5.91 Å². The summed E-state index contributed by atoms with van der Waals surface area (Å²) in [6.45, 7) is 2.63. The van der Waals surface area contributed by atoms with E-state index in [1.165, 1.54) is 12.5 Å². The zero-order chi connectivity index (χ0) is 17.5. The van der Waals surface area contributed by atoms with Gasteiger partial charge < -0.3 is 20.4 Å². The van der Waals surface area contributed by atoms with E-state index in [9.17, 15) is 14.4 Å². The highest BCUT2D eigenvalue weighted by atomic mass is 16.3. The highest BCUT2D eigenvalue weighted by Gasteiger charge is 2.16. The molecule has 0 saturated carbocycles. The molecule has 1 aromatic heterocycles. The summed E-state index contributed by atoms with van der Waals surface area (Å²) in [5.74, 6) is -0.922. The molecular weight excluding hydrogens is 310 g/mol. The van der Waals surface area contributed by atoms with Crippen LogP contribution in [-0.4, -0.2) is 35.7 Å². The number of hydrogen-bond acceptors (Lipinski definition) is 4. The van der Waals surface area contributed by atoms with Gasteiger partial charge in [-0.15, -0.1) is 0 Å². The van der Waals surface area contributed by atoms with Crippen molar-refractivity contribution in [3.05, 3.63) is 54.0 Å². The molecule has 0 spiro atoms. The first-order chi connectivity index (χ1) is 11.5. The van der Waals surface area contributed by atoms with Gasteiger partial charge in [-0.25, -0.2) is 0 Å². The topological polar surface area (TPSA) is 106 Å². The Bertz CT molecular complexity index is 708. The van der Waals surface area contributed by atoms with E-state index in [1.54, 1.807) is 35.2 Å². The summed E-state index contributed by atoms with van der Waals surface area (Å²) in [6.07, 6.45) is 2.98.